The highest BCUT2D eigenvalue weighted by Crippen LogP contribution is 2.47. The molecular weight excluding hydrogens is 617 g/mol. The molecular formula is C44H26N4S. The van der Waals surface area contributed by atoms with Gasteiger partial charge in [-0.3, -0.25) is 4.57 Å². The Bertz CT molecular complexity index is 3100. The molecule has 0 N–H and O–H groups in total. The number of rotatable bonds is 3. The molecule has 0 saturated carbocycles. The normalized spacial score (nSPS) is 12.1. The van der Waals surface area contributed by atoms with Crippen LogP contribution < -0.4 is 0 Å². The second-order valence-corrected chi connectivity index (χ2v) is 13.6. The Balaban J connectivity index is 1.28. The van der Waals surface area contributed by atoms with E-state index in [4.69, 9.17) is 9.97 Å². The zero-order valence-electron chi connectivity index (χ0n) is 26.2. The van der Waals surface area contributed by atoms with E-state index < -0.39 is 0 Å². The van der Waals surface area contributed by atoms with Gasteiger partial charge in [0.25, 0.3) is 0 Å². The lowest BCUT2D eigenvalue weighted by Gasteiger charge is -2.13. The molecule has 4 aromatic heterocycles. The first kappa shape index (κ1) is 26.7. The van der Waals surface area contributed by atoms with Gasteiger partial charge < -0.3 is 4.57 Å². The summed E-state index contributed by atoms with van der Waals surface area (Å²) in [5.74, 6) is 0.675. The molecule has 5 heteroatoms. The van der Waals surface area contributed by atoms with Crippen LogP contribution in [0.25, 0.3) is 97.6 Å². The molecule has 0 aliphatic rings. The maximum atomic E-state index is 5.39. The van der Waals surface area contributed by atoms with Crippen LogP contribution in [0.5, 0.6) is 0 Å². The third kappa shape index (κ3) is 3.73. The fourth-order valence-electron chi connectivity index (χ4n) is 7.82. The van der Waals surface area contributed by atoms with Crippen LogP contribution in [0.4, 0.5) is 0 Å². The van der Waals surface area contributed by atoms with Crippen molar-refractivity contribution in [3.63, 3.8) is 0 Å². The highest BCUT2D eigenvalue weighted by atomic mass is 32.1. The predicted octanol–water partition coefficient (Wildman–Crippen LogP) is 11.9. The fourth-order valence-corrected chi connectivity index (χ4v) is 9.23. The van der Waals surface area contributed by atoms with Crippen molar-refractivity contribution in [1.29, 1.82) is 0 Å². The van der Waals surface area contributed by atoms with Gasteiger partial charge in [0.05, 0.1) is 27.8 Å². The molecule has 4 heterocycles. The Morgan fingerprint density at radius 2 is 1.06 bits per heavy atom. The molecule has 0 atom stereocenters. The van der Waals surface area contributed by atoms with Crippen LogP contribution in [-0.2, 0) is 0 Å². The topological polar surface area (TPSA) is 35.6 Å². The Labute approximate surface area is 284 Å². The number of para-hydroxylation sites is 3. The molecule has 0 bridgehead atoms. The maximum absolute atomic E-state index is 5.39. The summed E-state index contributed by atoms with van der Waals surface area (Å²) in [5, 5.41) is 9.62. The molecule has 0 radical (unpaired) electrons. The van der Waals surface area contributed by atoms with Gasteiger partial charge in [0.15, 0.2) is 0 Å². The summed E-state index contributed by atoms with van der Waals surface area (Å²) in [5.41, 5.74) is 7.56. The van der Waals surface area contributed by atoms with Crippen molar-refractivity contribution in [1.82, 2.24) is 19.1 Å². The minimum Gasteiger partial charge on any atom is -0.301 e. The van der Waals surface area contributed by atoms with Crippen LogP contribution in [0.15, 0.2) is 158 Å². The van der Waals surface area contributed by atoms with Gasteiger partial charge in [-0.2, -0.15) is 0 Å². The van der Waals surface area contributed by atoms with Crippen molar-refractivity contribution in [2.45, 2.75) is 0 Å². The van der Waals surface area contributed by atoms with Gasteiger partial charge in [-0.25, -0.2) is 9.97 Å². The van der Waals surface area contributed by atoms with E-state index in [9.17, 15) is 0 Å². The Morgan fingerprint density at radius 3 is 1.86 bits per heavy atom. The standard InChI is InChI=1S/C44H26N4S/c1-3-14-28(15-4-1)40-34-24-23-27-13-7-8-18-30(27)41(34)46-44(45-40)48-36-22-12-10-20-32(36)39-37(48)26-25-33-38-31-19-9-11-21-35(31)47(43(38)49-42(33)39)29-16-5-2-6-17-29/h1-26H. The minimum atomic E-state index is 0.675. The molecule has 0 fully saturated rings. The smallest absolute Gasteiger partial charge is 0.235 e. The monoisotopic (exact) mass is 642 g/mol. The van der Waals surface area contributed by atoms with Gasteiger partial charge >= 0.3 is 0 Å². The van der Waals surface area contributed by atoms with Crippen LogP contribution in [-0.4, -0.2) is 19.1 Å². The third-order valence-electron chi connectivity index (χ3n) is 9.93. The molecule has 11 aromatic rings. The summed E-state index contributed by atoms with van der Waals surface area (Å²) in [6, 6.07) is 56.1. The van der Waals surface area contributed by atoms with Crippen LogP contribution >= 0.6 is 11.3 Å². The number of fused-ring (bicyclic) bond motifs is 12. The second-order valence-electron chi connectivity index (χ2n) is 12.6. The highest BCUT2D eigenvalue weighted by molar-refractivity contribution is 7.26. The van der Waals surface area contributed by atoms with Crippen LogP contribution in [0.3, 0.4) is 0 Å². The first-order chi connectivity index (χ1) is 24.3. The Morgan fingerprint density at radius 1 is 0.429 bits per heavy atom. The lowest BCUT2D eigenvalue weighted by Crippen LogP contribution is -2.03. The van der Waals surface area contributed by atoms with Gasteiger partial charge in [-0.05, 0) is 41.8 Å². The third-order valence-corrected chi connectivity index (χ3v) is 11.1. The first-order valence-electron chi connectivity index (χ1n) is 16.5. The molecule has 7 aromatic carbocycles. The predicted molar refractivity (Wildman–Crippen MR) is 207 cm³/mol. The quantitative estimate of drug-likeness (QED) is 0.180. The molecule has 11 rings (SSSR count). The van der Waals surface area contributed by atoms with Crippen molar-refractivity contribution in [3.8, 4) is 22.9 Å². The summed E-state index contributed by atoms with van der Waals surface area (Å²) < 4.78 is 5.97. The number of thiophene rings is 1. The van der Waals surface area contributed by atoms with E-state index in [2.05, 4.69) is 167 Å². The second kappa shape index (κ2) is 10.1. The van der Waals surface area contributed by atoms with Gasteiger partial charge in [-0.1, -0.05) is 121 Å². The van der Waals surface area contributed by atoms with Crippen LogP contribution in [0.1, 0.15) is 0 Å². The zero-order chi connectivity index (χ0) is 32.1. The van der Waals surface area contributed by atoms with Crippen molar-refractivity contribution in [2.24, 2.45) is 0 Å². The first-order valence-corrected chi connectivity index (χ1v) is 17.3. The van der Waals surface area contributed by atoms with E-state index in [1.165, 1.54) is 53.1 Å². The van der Waals surface area contributed by atoms with Crippen molar-refractivity contribution >= 4 is 86.0 Å². The van der Waals surface area contributed by atoms with Gasteiger partial charge in [0.2, 0.25) is 5.95 Å². The molecule has 0 amide bonds. The number of nitrogens with zero attached hydrogens (tertiary/aromatic N) is 4. The summed E-state index contributed by atoms with van der Waals surface area (Å²) in [7, 11) is 0. The van der Waals surface area contributed by atoms with E-state index in [1.807, 2.05) is 11.3 Å². The highest BCUT2D eigenvalue weighted by Gasteiger charge is 2.23. The fraction of sp³-hybridized carbons (Fsp3) is 0. The molecule has 4 nitrogen and oxygen atoms in total. The van der Waals surface area contributed by atoms with Crippen LogP contribution in [0, 0.1) is 0 Å². The molecule has 49 heavy (non-hydrogen) atoms. The maximum Gasteiger partial charge on any atom is 0.235 e. The SMILES string of the molecule is c1ccc(-c2nc(-n3c4ccccc4c4c5sc6c(c5ccc43)c3ccccc3n6-c3ccccc3)nc3c2ccc2ccccc23)cc1. The van der Waals surface area contributed by atoms with Gasteiger partial charge in [0.1, 0.15) is 4.83 Å². The number of aromatic nitrogens is 4. The van der Waals surface area contributed by atoms with Crippen molar-refractivity contribution in [3.05, 3.63) is 158 Å². The average molecular weight is 643 g/mol. The molecule has 0 saturated heterocycles. The summed E-state index contributed by atoms with van der Waals surface area (Å²) in [4.78, 5) is 12.0. The van der Waals surface area contributed by atoms with E-state index in [1.54, 1.807) is 0 Å². The number of hydrogen-bond acceptors (Lipinski definition) is 3. The Hall–Kier alpha value is -6.30. The molecule has 0 aliphatic heterocycles. The largest absolute Gasteiger partial charge is 0.301 e. The van der Waals surface area contributed by atoms with E-state index >= 15 is 0 Å². The van der Waals surface area contributed by atoms with E-state index in [-0.39, 0.29) is 0 Å². The van der Waals surface area contributed by atoms with E-state index in [0.717, 1.165) is 38.6 Å². The average Bonchev–Trinajstić information content (AvgIpc) is 3.82. The Kier molecular flexibility index (Phi) is 5.51. The zero-order valence-corrected chi connectivity index (χ0v) is 27.0. The number of benzene rings is 7. The summed E-state index contributed by atoms with van der Waals surface area (Å²) >= 11 is 1.87. The number of hydrogen-bond donors (Lipinski definition) is 0. The molecule has 0 spiro atoms. The minimum absolute atomic E-state index is 0.675. The molecule has 228 valence electrons. The lowest BCUT2D eigenvalue weighted by molar-refractivity contribution is 1.02. The molecule has 0 aliphatic carbocycles. The lowest BCUT2D eigenvalue weighted by atomic mass is 10.0. The van der Waals surface area contributed by atoms with Crippen molar-refractivity contribution < 1.29 is 0 Å². The summed E-state index contributed by atoms with van der Waals surface area (Å²) in [6.07, 6.45) is 0. The van der Waals surface area contributed by atoms with Gasteiger partial charge in [-0.15, -0.1) is 11.3 Å². The summed E-state index contributed by atoms with van der Waals surface area (Å²) in [6.45, 7) is 0. The van der Waals surface area contributed by atoms with Gasteiger partial charge in [0, 0.05) is 53.7 Å². The molecule has 0 unspecified atom stereocenters. The van der Waals surface area contributed by atoms with Crippen LogP contribution in [0.2, 0.25) is 0 Å². The van der Waals surface area contributed by atoms with Crippen molar-refractivity contribution in [2.75, 3.05) is 0 Å². The van der Waals surface area contributed by atoms with E-state index in [0.29, 0.717) is 5.95 Å².